The van der Waals surface area contributed by atoms with Crippen molar-refractivity contribution in [3.8, 4) is 0 Å². The summed E-state index contributed by atoms with van der Waals surface area (Å²) in [5.74, 6) is 0. The summed E-state index contributed by atoms with van der Waals surface area (Å²) in [5.41, 5.74) is 2.61. The topological polar surface area (TPSA) is 17.1 Å². The highest BCUT2D eigenvalue weighted by Crippen LogP contribution is 2.55. The molecule has 1 heterocycles. The van der Waals surface area contributed by atoms with E-state index in [4.69, 9.17) is 11.6 Å². The molecule has 4 rings (SSSR count). The zero-order chi connectivity index (χ0) is 15.4. The number of halogens is 1. The van der Waals surface area contributed by atoms with Gasteiger partial charge in [-0.3, -0.25) is 0 Å². The second-order valence-electron chi connectivity index (χ2n) is 6.75. The fourth-order valence-electron chi connectivity index (χ4n) is 4.48. The summed E-state index contributed by atoms with van der Waals surface area (Å²) in [4.78, 5) is 0. The molecule has 1 atom stereocenters. The standard InChI is InChI=1S/C19H20ClOP/c1-22(21)17-8-4-3-7-15(17)19(11-5-2-6-12-19)16-10-9-14(20)13-18(16)22/h3-4,7-10,13H,2,5-6,11-12H2,1H3. The number of rotatable bonds is 0. The highest BCUT2D eigenvalue weighted by atomic mass is 35.5. The van der Waals surface area contributed by atoms with Gasteiger partial charge < -0.3 is 4.57 Å². The zero-order valence-electron chi connectivity index (χ0n) is 12.8. The Bertz CT molecular complexity index is 790. The van der Waals surface area contributed by atoms with Gasteiger partial charge in [-0.25, -0.2) is 0 Å². The van der Waals surface area contributed by atoms with E-state index >= 15 is 0 Å². The second-order valence-corrected chi connectivity index (χ2v) is 9.99. The average molecular weight is 331 g/mol. The van der Waals surface area contributed by atoms with Crippen LogP contribution in [0.5, 0.6) is 0 Å². The highest BCUT2D eigenvalue weighted by molar-refractivity contribution is 7.78. The molecule has 1 unspecified atom stereocenters. The summed E-state index contributed by atoms with van der Waals surface area (Å²) in [6, 6.07) is 14.4. The molecule has 2 aliphatic rings. The van der Waals surface area contributed by atoms with E-state index in [0.717, 1.165) is 23.5 Å². The van der Waals surface area contributed by atoms with Crippen LogP contribution in [0.4, 0.5) is 0 Å². The third-order valence-electron chi connectivity index (χ3n) is 5.52. The van der Waals surface area contributed by atoms with Gasteiger partial charge >= 0.3 is 0 Å². The van der Waals surface area contributed by atoms with E-state index in [9.17, 15) is 4.57 Å². The fraction of sp³-hybridized carbons (Fsp3) is 0.368. The third kappa shape index (κ3) is 1.88. The molecule has 0 amide bonds. The molecular weight excluding hydrogens is 311 g/mol. The largest absolute Gasteiger partial charge is 0.314 e. The Hall–Kier alpha value is -1.04. The third-order valence-corrected chi connectivity index (χ3v) is 8.36. The molecule has 1 nitrogen and oxygen atoms in total. The van der Waals surface area contributed by atoms with Gasteiger partial charge in [-0.05, 0) is 42.8 Å². The lowest BCUT2D eigenvalue weighted by molar-refractivity contribution is 0.347. The number of hydrogen-bond donors (Lipinski definition) is 0. The molecule has 0 bridgehead atoms. The summed E-state index contributed by atoms with van der Waals surface area (Å²) >= 11 is 6.24. The van der Waals surface area contributed by atoms with Gasteiger partial charge in [0.1, 0.15) is 7.14 Å². The molecule has 2 aromatic carbocycles. The number of benzene rings is 2. The molecule has 3 heteroatoms. The Balaban J connectivity index is 2.09. The van der Waals surface area contributed by atoms with E-state index in [0.29, 0.717) is 5.02 Å². The molecule has 0 aromatic heterocycles. The zero-order valence-corrected chi connectivity index (χ0v) is 14.5. The molecule has 1 aliphatic carbocycles. The van der Waals surface area contributed by atoms with Gasteiger partial charge in [0, 0.05) is 21.0 Å². The van der Waals surface area contributed by atoms with Crippen molar-refractivity contribution in [2.24, 2.45) is 0 Å². The predicted octanol–water partition coefficient (Wildman–Crippen LogP) is 4.85. The van der Waals surface area contributed by atoms with E-state index in [2.05, 4.69) is 24.3 Å². The maximum atomic E-state index is 13.6. The Morgan fingerprint density at radius 3 is 2.41 bits per heavy atom. The fourth-order valence-corrected chi connectivity index (χ4v) is 7.24. The summed E-state index contributed by atoms with van der Waals surface area (Å²) in [5, 5.41) is 2.72. The van der Waals surface area contributed by atoms with Crippen LogP contribution in [0.15, 0.2) is 42.5 Å². The lowest BCUT2D eigenvalue weighted by atomic mass is 9.65. The molecule has 0 radical (unpaired) electrons. The van der Waals surface area contributed by atoms with Crippen LogP contribution in [0.1, 0.15) is 43.2 Å². The Labute approximate surface area is 137 Å². The van der Waals surface area contributed by atoms with Crippen LogP contribution in [0.3, 0.4) is 0 Å². The van der Waals surface area contributed by atoms with Crippen molar-refractivity contribution in [3.05, 3.63) is 58.6 Å². The van der Waals surface area contributed by atoms with Crippen molar-refractivity contribution in [1.82, 2.24) is 0 Å². The molecular formula is C19H20ClOP. The minimum absolute atomic E-state index is 0.0404. The van der Waals surface area contributed by atoms with Crippen LogP contribution < -0.4 is 10.6 Å². The molecule has 22 heavy (non-hydrogen) atoms. The smallest absolute Gasteiger partial charge is 0.140 e. The lowest BCUT2D eigenvalue weighted by Crippen LogP contribution is -2.44. The highest BCUT2D eigenvalue weighted by Gasteiger charge is 2.46. The quantitative estimate of drug-likeness (QED) is 0.631. The van der Waals surface area contributed by atoms with Gasteiger partial charge in [0.25, 0.3) is 0 Å². The first-order valence-electron chi connectivity index (χ1n) is 8.04. The summed E-state index contributed by atoms with van der Waals surface area (Å²) in [6.07, 6.45) is 6.09. The molecule has 1 aliphatic heterocycles. The maximum Gasteiger partial charge on any atom is 0.140 e. The van der Waals surface area contributed by atoms with Crippen LogP contribution in [0, 0.1) is 0 Å². The summed E-state index contributed by atoms with van der Waals surface area (Å²) < 4.78 is 13.6. The normalized spacial score (nSPS) is 25.5. The second kappa shape index (κ2) is 4.98. The van der Waals surface area contributed by atoms with E-state index < -0.39 is 7.14 Å². The minimum Gasteiger partial charge on any atom is -0.314 e. The van der Waals surface area contributed by atoms with Gasteiger partial charge in [0.2, 0.25) is 0 Å². The van der Waals surface area contributed by atoms with Crippen molar-refractivity contribution < 1.29 is 4.57 Å². The van der Waals surface area contributed by atoms with Crippen LogP contribution in [-0.2, 0) is 9.98 Å². The van der Waals surface area contributed by atoms with Gasteiger partial charge in [-0.15, -0.1) is 0 Å². The predicted molar refractivity (Wildman–Crippen MR) is 94.6 cm³/mol. The molecule has 1 spiro atoms. The first-order chi connectivity index (χ1) is 10.6. The van der Waals surface area contributed by atoms with E-state index in [1.165, 1.54) is 30.4 Å². The molecule has 114 valence electrons. The van der Waals surface area contributed by atoms with Gasteiger partial charge in [-0.1, -0.05) is 61.2 Å². The van der Waals surface area contributed by atoms with Crippen molar-refractivity contribution in [3.63, 3.8) is 0 Å². The summed E-state index contributed by atoms with van der Waals surface area (Å²) in [7, 11) is -2.57. The minimum atomic E-state index is -2.57. The van der Waals surface area contributed by atoms with Gasteiger partial charge in [0.05, 0.1) is 0 Å². The van der Waals surface area contributed by atoms with Crippen molar-refractivity contribution >= 4 is 29.4 Å². The lowest BCUT2D eigenvalue weighted by Gasteiger charge is -2.45. The molecule has 1 fully saturated rings. The van der Waals surface area contributed by atoms with Crippen LogP contribution >= 0.6 is 18.7 Å². The molecule has 2 aromatic rings. The van der Waals surface area contributed by atoms with Crippen LogP contribution in [0.25, 0.3) is 0 Å². The first-order valence-corrected chi connectivity index (χ1v) is 10.6. The monoisotopic (exact) mass is 330 g/mol. The van der Waals surface area contributed by atoms with Gasteiger partial charge in [-0.2, -0.15) is 0 Å². The summed E-state index contributed by atoms with van der Waals surface area (Å²) in [6.45, 7) is 1.90. The van der Waals surface area contributed by atoms with Gasteiger partial charge in [0.15, 0.2) is 0 Å². The van der Waals surface area contributed by atoms with Crippen molar-refractivity contribution in [2.75, 3.05) is 6.66 Å². The van der Waals surface area contributed by atoms with Crippen LogP contribution in [0.2, 0.25) is 5.02 Å². The molecule has 0 saturated heterocycles. The average Bonchev–Trinajstić information content (AvgIpc) is 2.54. The van der Waals surface area contributed by atoms with Crippen LogP contribution in [-0.4, -0.2) is 6.66 Å². The van der Waals surface area contributed by atoms with E-state index in [-0.39, 0.29) is 5.41 Å². The van der Waals surface area contributed by atoms with Crippen molar-refractivity contribution in [1.29, 1.82) is 0 Å². The van der Waals surface area contributed by atoms with E-state index in [1.54, 1.807) is 0 Å². The van der Waals surface area contributed by atoms with Crippen molar-refractivity contribution in [2.45, 2.75) is 37.5 Å². The SMILES string of the molecule is CP1(=O)c2ccccc2C2(CCCCC2)c2ccc(Cl)cc21. The number of hydrogen-bond acceptors (Lipinski definition) is 1. The molecule has 0 N–H and O–H groups in total. The maximum absolute atomic E-state index is 13.6. The Morgan fingerprint density at radius 2 is 1.64 bits per heavy atom. The van der Waals surface area contributed by atoms with E-state index in [1.807, 2.05) is 24.9 Å². The first kappa shape index (κ1) is 14.5. The number of fused-ring (bicyclic) bond motifs is 4. The molecule has 1 saturated carbocycles. The Kier molecular flexibility index (Phi) is 3.29. The Morgan fingerprint density at radius 1 is 0.955 bits per heavy atom.